The molecular formula is C6H10N2O4. The molecule has 6 nitrogen and oxygen atoms in total. The Hall–Kier alpha value is -1.72. The molecule has 0 aliphatic heterocycles. The van der Waals surface area contributed by atoms with E-state index >= 15 is 0 Å². The Morgan fingerprint density at radius 3 is 2.17 bits per heavy atom. The number of carbonyl (C=O) groups is 1. The topological polar surface area (TPSA) is 106 Å². The van der Waals surface area contributed by atoms with Gasteiger partial charge in [-0.3, -0.25) is 5.41 Å². The van der Waals surface area contributed by atoms with Crippen molar-refractivity contribution in [3.05, 3.63) is 11.5 Å². The lowest BCUT2D eigenvalue weighted by Gasteiger charge is -2.04. The molecule has 0 saturated carbocycles. The van der Waals surface area contributed by atoms with E-state index in [1.165, 1.54) is 0 Å². The quantitative estimate of drug-likeness (QED) is 0.176. The maximum atomic E-state index is 10.8. The molecule has 0 aromatic carbocycles. The number of esters is 1. The first-order chi connectivity index (χ1) is 5.54. The number of ether oxygens (including phenoxy) is 2. The molecule has 0 fully saturated rings. The van der Waals surface area contributed by atoms with E-state index < -0.39 is 23.3 Å². The van der Waals surface area contributed by atoms with Crippen LogP contribution in [-0.4, -0.2) is 31.1 Å². The number of rotatable bonds is 3. The summed E-state index contributed by atoms with van der Waals surface area (Å²) >= 11 is 0. The first-order valence-electron chi connectivity index (χ1n) is 2.94. The maximum Gasteiger partial charge on any atom is 0.348 e. The predicted molar refractivity (Wildman–Crippen MR) is 40.6 cm³/mol. The fraction of sp³-hybridized carbons (Fsp3) is 0.333. The molecule has 0 aliphatic rings. The molecule has 0 radical (unpaired) electrons. The minimum absolute atomic E-state index is 0.486. The van der Waals surface area contributed by atoms with Crippen LogP contribution in [0.25, 0.3) is 0 Å². The Bertz CT molecular complexity index is 234. The maximum absolute atomic E-state index is 10.8. The van der Waals surface area contributed by atoms with Crippen LogP contribution in [0.5, 0.6) is 0 Å². The van der Waals surface area contributed by atoms with Crippen LogP contribution in [0, 0.1) is 5.41 Å². The van der Waals surface area contributed by atoms with Gasteiger partial charge in [-0.15, -0.1) is 0 Å². The molecule has 6 heteroatoms. The molecule has 4 N–H and O–H groups in total. The molecule has 0 bridgehead atoms. The molecule has 0 aromatic heterocycles. The lowest BCUT2D eigenvalue weighted by atomic mass is 10.2. The summed E-state index contributed by atoms with van der Waals surface area (Å²) in [6, 6.07) is 0. The first-order valence-corrected chi connectivity index (χ1v) is 2.94. The van der Waals surface area contributed by atoms with E-state index in [0.29, 0.717) is 0 Å². The highest BCUT2D eigenvalue weighted by atomic mass is 16.6. The molecule has 68 valence electrons. The van der Waals surface area contributed by atoms with E-state index in [1.807, 2.05) is 0 Å². The molecule has 0 rings (SSSR count). The van der Waals surface area contributed by atoms with Crippen LogP contribution in [0.1, 0.15) is 0 Å². The number of carbonyl (C=O) groups excluding carboxylic acids is 1. The Labute approximate surface area is 69.1 Å². The number of amidine groups is 1. The van der Waals surface area contributed by atoms with Crippen LogP contribution in [0.15, 0.2) is 11.5 Å². The van der Waals surface area contributed by atoms with Crippen molar-refractivity contribution < 1.29 is 19.4 Å². The summed E-state index contributed by atoms with van der Waals surface area (Å²) < 4.78 is 8.55. The van der Waals surface area contributed by atoms with E-state index in [9.17, 15) is 4.79 Å². The Kier molecular flexibility index (Phi) is 3.61. The lowest BCUT2D eigenvalue weighted by Crippen LogP contribution is -2.23. The molecule has 0 amide bonds. The molecule has 12 heavy (non-hydrogen) atoms. The molecular weight excluding hydrogens is 164 g/mol. The van der Waals surface area contributed by atoms with Crippen LogP contribution in [0.4, 0.5) is 0 Å². The third kappa shape index (κ3) is 2.15. The smallest absolute Gasteiger partial charge is 0.348 e. The monoisotopic (exact) mass is 174 g/mol. The van der Waals surface area contributed by atoms with Crippen molar-refractivity contribution in [1.29, 1.82) is 5.41 Å². The zero-order chi connectivity index (χ0) is 9.72. The Balaban J connectivity index is 4.91. The van der Waals surface area contributed by atoms with Gasteiger partial charge in [-0.25, -0.2) is 4.79 Å². The number of aliphatic hydroxyl groups is 1. The van der Waals surface area contributed by atoms with Crippen molar-refractivity contribution >= 4 is 11.8 Å². The molecule has 0 aromatic rings. The second-order valence-electron chi connectivity index (χ2n) is 1.79. The highest BCUT2D eigenvalue weighted by molar-refractivity contribution is 6.17. The van der Waals surface area contributed by atoms with Gasteiger partial charge in [0.15, 0.2) is 5.57 Å². The van der Waals surface area contributed by atoms with Gasteiger partial charge in [0.1, 0.15) is 5.84 Å². The van der Waals surface area contributed by atoms with E-state index in [1.54, 1.807) is 0 Å². The van der Waals surface area contributed by atoms with Crippen molar-refractivity contribution in [3.63, 3.8) is 0 Å². The average molecular weight is 174 g/mol. The van der Waals surface area contributed by atoms with Gasteiger partial charge in [0.2, 0.25) is 0 Å². The van der Waals surface area contributed by atoms with E-state index in [0.717, 1.165) is 14.2 Å². The van der Waals surface area contributed by atoms with Gasteiger partial charge in [-0.05, 0) is 0 Å². The standard InChI is InChI=1S/C6H10N2O4/c1-11-5(9)3(4(7)8)6(10)12-2/h9H,1-2H3,(H3,7,8)/b5-3-. The average Bonchev–Trinajstić information content (AvgIpc) is 2.03. The Morgan fingerprint density at radius 2 is 1.92 bits per heavy atom. The molecule has 0 atom stereocenters. The van der Waals surface area contributed by atoms with Crippen LogP contribution in [0.3, 0.4) is 0 Å². The van der Waals surface area contributed by atoms with Crippen molar-refractivity contribution in [2.24, 2.45) is 5.73 Å². The summed E-state index contributed by atoms with van der Waals surface area (Å²) in [5.41, 5.74) is 4.49. The van der Waals surface area contributed by atoms with Gasteiger partial charge < -0.3 is 20.3 Å². The summed E-state index contributed by atoms with van der Waals surface area (Å²) in [6.07, 6.45) is 0. The summed E-state index contributed by atoms with van der Waals surface area (Å²) in [6.45, 7) is 0. The predicted octanol–water partition coefficient (Wildman–Crippen LogP) is -0.489. The molecule has 0 heterocycles. The van der Waals surface area contributed by atoms with Crippen LogP contribution < -0.4 is 5.73 Å². The van der Waals surface area contributed by atoms with Crippen molar-refractivity contribution in [2.75, 3.05) is 14.2 Å². The largest absolute Gasteiger partial charge is 0.480 e. The fourth-order valence-electron chi connectivity index (χ4n) is 0.517. The van der Waals surface area contributed by atoms with Crippen LogP contribution in [-0.2, 0) is 14.3 Å². The van der Waals surface area contributed by atoms with E-state index in [-0.39, 0.29) is 0 Å². The second-order valence-corrected chi connectivity index (χ2v) is 1.79. The zero-order valence-electron chi connectivity index (χ0n) is 6.75. The third-order valence-corrected chi connectivity index (χ3v) is 1.07. The van der Waals surface area contributed by atoms with Crippen LogP contribution in [0.2, 0.25) is 0 Å². The molecule has 0 aliphatic carbocycles. The highest BCUT2D eigenvalue weighted by Crippen LogP contribution is 2.03. The van der Waals surface area contributed by atoms with E-state index in [2.05, 4.69) is 9.47 Å². The number of nitrogens with two attached hydrogens (primary N) is 1. The first kappa shape index (κ1) is 10.3. The zero-order valence-corrected chi connectivity index (χ0v) is 6.75. The minimum atomic E-state index is -0.915. The molecule has 0 saturated heterocycles. The lowest BCUT2D eigenvalue weighted by molar-refractivity contribution is -0.136. The van der Waals surface area contributed by atoms with Gasteiger partial charge >= 0.3 is 5.97 Å². The second kappa shape index (κ2) is 4.22. The highest BCUT2D eigenvalue weighted by Gasteiger charge is 2.19. The van der Waals surface area contributed by atoms with Crippen LogP contribution >= 0.6 is 0 Å². The number of aliphatic hydroxyl groups excluding tert-OH is 1. The van der Waals surface area contributed by atoms with Gasteiger partial charge in [0, 0.05) is 0 Å². The van der Waals surface area contributed by atoms with Gasteiger partial charge in [0.25, 0.3) is 5.95 Å². The minimum Gasteiger partial charge on any atom is -0.480 e. The van der Waals surface area contributed by atoms with Gasteiger partial charge in [-0.1, -0.05) is 0 Å². The normalized spacial score (nSPS) is 11.5. The van der Waals surface area contributed by atoms with Crippen molar-refractivity contribution in [1.82, 2.24) is 0 Å². The fourth-order valence-corrected chi connectivity index (χ4v) is 0.517. The summed E-state index contributed by atoms with van der Waals surface area (Å²) in [7, 11) is 2.25. The van der Waals surface area contributed by atoms with Gasteiger partial charge in [-0.2, -0.15) is 0 Å². The summed E-state index contributed by atoms with van der Waals surface area (Å²) in [5, 5.41) is 15.8. The Morgan fingerprint density at radius 1 is 1.42 bits per heavy atom. The number of nitrogens with one attached hydrogen (secondary N) is 1. The SMILES string of the molecule is COC(=O)/C(C(=N)N)=C(/O)OC. The summed E-state index contributed by atoms with van der Waals surface area (Å²) in [5.74, 6) is -2.25. The van der Waals surface area contributed by atoms with Gasteiger partial charge in [0.05, 0.1) is 14.2 Å². The third-order valence-electron chi connectivity index (χ3n) is 1.07. The molecule has 0 spiro atoms. The van der Waals surface area contributed by atoms with Crippen molar-refractivity contribution in [2.45, 2.75) is 0 Å². The number of methoxy groups -OCH3 is 2. The molecule has 0 unspecified atom stereocenters. The van der Waals surface area contributed by atoms with Crippen molar-refractivity contribution in [3.8, 4) is 0 Å². The number of hydrogen-bond donors (Lipinski definition) is 3. The number of hydrogen-bond acceptors (Lipinski definition) is 5. The van der Waals surface area contributed by atoms with E-state index in [4.69, 9.17) is 16.2 Å². The summed E-state index contributed by atoms with van der Waals surface area (Å²) in [4.78, 5) is 10.8.